The number of hydrogen-bond donors (Lipinski definition) is 2. The zero-order chi connectivity index (χ0) is 21.2. The van der Waals surface area contributed by atoms with Crippen molar-refractivity contribution in [3.63, 3.8) is 0 Å². The van der Waals surface area contributed by atoms with Crippen LogP contribution < -0.4 is 20.2 Å². The molecule has 30 heavy (non-hydrogen) atoms. The van der Waals surface area contributed by atoms with Crippen molar-refractivity contribution >= 4 is 40.8 Å². The Bertz CT molecular complexity index is 995. The highest BCUT2D eigenvalue weighted by Gasteiger charge is 2.07. The molecule has 0 fully saturated rings. The average Bonchev–Trinajstić information content (AvgIpc) is 2.75. The number of nitrogens with zero attached hydrogens (tertiary/aromatic N) is 1. The number of rotatable bonds is 8. The molecule has 3 aromatic rings. The first-order chi connectivity index (χ1) is 14.6. The van der Waals surface area contributed by atoms with Crippen LogP contribution in [0.15, 0.2) is 77.9 Å². The van der Waals surface area contributed by atoms with E-state index in [4.69, 9.17) is 33.3 Å². The summed E-state index contributed by atoms with van der Waals surface area (Å²) >= 11 is 11.2. The van der Waals surface area contributed by atoms with Crippen LogP contribution in [0.25, 0.3) is 0 Å². The summed E-state index contributed by atoms with van der Waals surface area (Å²) in [6, 6.07) is 22.8. The van der Waals surface area contributed by atoms with Crippen LogP contribution in [-0.4, -0.2) is 17.9 Å². The molecule has 0 bridgehead atoms. The molecule has 0 radical (unpaired) electrons. The van der Waals surface area contributed by atoms with Crippen molar-refractivity contribution in [3.05, 3.63) is 88.9 Å². The van der Waals surface area contributed by atoms with Gasteiger partial charge >= 0.3 is 0 Å². The highest BCUT2D eigenvalue weighted by atomic mass is 35.5. The summed E-state index contributed by atoms with van der Waals surface area (Å²) in [5, 5.41) is 8.35. The van der Waals surface area contributed by atoms with E-state index in [9.17, 15) is 0 Å². The van der Waals surface area contributed by atoms with E-state index in [1.54, 1.807) is 6.21 Å². The van der Waals surface area contributed by atoms with Crippen molar-refractivity contribution < 1.29 is 9.47 Å². The molecule has 5 nitrogen and oxygen atoms in total. The minimum atomic E-state index is 0.408. The summed E-state index contributed by atoms with van der Waals surface area (Å²) in [5.41, 5.74) is 5.58. The Kier molecular flexibility index (Phi) is 8.06. The molecule has 7 heteroatoms. The van der Waals surface area contributed by atoms with Crippen molar-refractivity contribution in [2.75, 3.05) is 11.9 Å². The number of benzene rings is 3. The first-order valence-corrected chi connectivity index (χ1v) is 10.2. The van der Waals surface area contributed by atoms with Gasteiger partial charge in [0.05, 0.1) is 12.8 Å². The lowest BCUT2D eigenvalue weighted by atomic mass is 10.2. The number of thiocarbonyl (C=S) groups is 1. The first kappa shape index (κ1) is 21.6. The van der Waals surface area contributed by atoms with Crippen molar-refractivity contribution in [1.82, 2.24) is 5.43 Å². The fourth-order valence-corrected chi connectivity index (χ4v) is 2.88. The van der Waals surface area contributed by atoms with Gasteiger partial charge in [0, 0.05) is 10.7 Å². The van der Waals surface area contributed by atoms with Crippen LogP contribution >= 0.6 is 23.8 Å². The second kappa shape index (κ2) is 11.2. The van der Waals surface area contributed by atoms with Crippen LogP contribution in [0.2, 0.25) is 5.02 Å². The molecule has 3 rings (SSSR count). The monoisotopic (exact) mass is 439 g/mol. The highest BCUT2D eigenvalue weighted by molar-refractivity contribution is 7.80. The second-order valence-electron chi connectivity index (χ2n) is 6.24. The molecule has 0 atom stereocenters. The SMILES string of the molecule is CCOc1cc(/C=N\NC(=S)Nc2ccccc2)ccc1OCc1ccc(Cl)cc1. The molecule has 0 amide bonds. The van der Waals surface area contributed by atoms with E-state index in [2.05, 4.69) is 15.8 Å². The summed E-state index contributed by atoms with van der Waals surface area (Å²) < 4.78 is 11.6. The van der Waals surface area contributed by atoms with Gasteiger partial charge in [0.25, 0.3) is 0 Å². The molecule has 3 aromatic carbocycles. The van der Waals surface area contributed by atoms with Gasteiger partial charge in [-0.05, 0) is 72.7 Å². The fourth-order valence-electron chi connectivity index (χ4n) is 2.58. The van der Waals surface area contributed by atoms with Gasteiger partial charge in [-0.3, -0.25) is 5.43 Å². The Labute approximate surface area is 186 Å². The molecule has 0 aliphatic rings. The van der Waals surface area contributed by atoms with Crippen LogP contribution in [0, 0.1) is 0 Å². The summed E-state index contributed by atoms with van der Waals surface area (Å²) in [6.07, 6.45) is 1.67. The molecule has 0 unspecified atom stereocenters. The third kappa shape index (κ3) is 6.76. The molecule has 0 saturated heterocycles. The van der Waals surface area contributed by atoms with Gasteiger partial charge < -0.3 is 14.8 Å². The molecule has 0 spiro atoms. The van der Waals surface area contributed by atoms with Gasteiger partial charge in [0.15, 0.2) is 16.6 Å². The number of halogens is 1. The van der Waals surface area contributed by atoms with E-state index in [0.29, 0.717) is 34.8 Å². The van der Waals surface area contributed by atoms with E-state index in [-0.39, 0.29) is 0 Å². The van der Waals surface area contributed by atoms with Crippen LogP contribution in [0.1, 0.15) is 18.1 Å². The molecule has 154 valence electrons. The number of anilines is 1. The Hall–Kier alpha value is -3.09. The number of ether oxygens (including phenoxy) is 2. The van der Waals surface area contributed by atoms with Crippen LogP contribution in [0.5, 0.6) is 11.5 Å². The van der Waals surface area contributed by atoms with Crippen LogP contribution in [0.3, 0.4) is 0 Å². The Morgan fingerprint density at radius 1 is 1.00 bits per heavy atom. The standard InChI is InChI=1S/C23H22ClN3O2S/c1-2-28-22-14-18(15-25-27-23(30)26-20-6-4-3-5-7-20)10-13-21(22)29-16-17-8-11-19(24)12-9-17/h3-15H,2,16H2,1H3,(H2,26,27,30)/b25-15-. The van der Waals surface area contributed by atoms with Crippen molar-refractivity contribution in [1.29, 1.82) is 0 Å². The Balaban J connectivity index is 1.60. The predicted molar refractivity (Wildman–Crippen MR) is 127 cm³/mol. The molecular formula is C23H22ClN3O2S. The van der Waals surface area contributed by atoms with E-state index < -0.39 is 0 Å². The van der Waals surface area contributed by atoms with Gasteiger partial charge in [-0.2, -0.15) is 5.10 Å². The normalized spacial score (nSPS) is 10.6. The highest BCUT2D eigenvalue weighted by Crippen LogP contribution is 2.29. The van der Waals surface area contributed by atoms with Gasteiger partial charge in [0.2, 0.25) is 0 Å². The van der Waals surface area contributed by atoms with Crippen LogP contribution in [-0.2, 0) is 6.61 Å². The summed E-state index contributed by atoms with van der Waals surface area (Å²) in [4.78, 5) is 0. The van der Waals surface area contributed by atoms with Gasteiger partial charge in [-0.15, -0.1) is 0 Å². The van der Waals surface area contributed by atoms with Gasteiger partial charge in [-0.1, -0.05) is 41.9 Å². The third-order valence-corrected chi connectivity index (χ3v) is 4.43. The van der Waals surface area contributed by atoms with E-state index in [1.165, 1.54) is 0 Å². The third-order valence-electron chi connectivity index (χ3n) is 3.99. The second-order valence-corrected chi connectivity index (χ2v) is 7.09. The molecule has 0 aliphatic heterocycles. The molecular weight excluding hydrogens is 418 g/mol. The maximum absolute atomic E-state index is 5.92. The number of hydrogen-bond acceptors (Lipinski definition) is 4. The molecule has 0 saturated carbocycles. The number of nitrogens with one attached hydrogen (secondary N) is 2. The lowest BCUT2D eigenvalue weighted by Gasteiger charge is -2.13. The average molecular weight is 440 g/mol. The smallest absolute Gasteiger partial charge is 0.191 e. The fraction of sp³-hybridized carbons (Fsp3) is 0.130. The number of para-hydroxylation sites is 1. The summed E-state index contributed by atoms with van der Waals surface area (Å²) in [6.45, 7) is 2.88. The van der Waals surface area contributed by atoms with E-state index >= 15 is 0 Å². The zero-order valence-electron chi connectivity index (χ0n) is 16.5. The number of hydrazone groups is 1. The minimum Gasteiger partial charge on any atom is -0.490 e. The Morgan fingerprint density at radius 3 is 2.50 bits per heavy atom. The predicted octanol–water partition coefficient (Wildman–Crippen LogP) is 5.64. The first-order valence-electron chi connectivity index (χ1n) is 9.43. The summed E-state index contributed by atoms with van der Waals surface area (Å²) in [5.74, 6) is 1.32. The van der Waals surface area contributed by atoms with Gasteiger partial charge in [-0.25, -0.2) is 0 Å². The Morgan fingerprint density at radius 2 is 1.77 bits per heavy atom. The summed E-state index contributed by atoms with van der Waals surface area (Å²) in [7, 11) is 0. The topological polar surface area (TPSA) is 54.9 Å². The minimum absolute atomic E-state index is 0.408. The molecule has 0 heterocycles. The molecule has 2 N–H and O–H groups in total. The molecule has 0 aromatic heterocycles. The zero-order valence-corrected chi connectivity index (χ0v) is 18.0. The van der Waals surface area contributed by atoms with Crippen LogP contribution in [0.4, 0.5) is 5.69 Å². The van der Waals surface area contributed by atoms with Crippen molar-refractivity contribution in [3.8, 4) is 11.5 Å². The lowest BCUT2D eigenvalue weighted by Crippen LogP contribution is -2.23. The maximum atomic E-state index is 5.92. The van der Waals surface area contributed by atoms with E-state index in [1.807, 2.05) is 79.7 Å². The van der Waals surface area contributed by atoms with Crippen molar-refractivity contribution in [2.45, 2.75) is 13.5 Å². The maximum Gasteiger partial charge on any atom is 0.191 e. The molecule has 0 aliphatic carbocycles. The van der Waals surface area contributed by atoms with Gasteiger partial charge in [0.1, 0.15) is 6.61 Å². The largest absolute Gasteiger partial charge is 0.490 e. The van der Waals surface area contributed by atoms with E-state index in [0.717, 1.165) is 16.8 Å². The quantitative estimate of drug-likeness (QED) is 0.270. The lowest BCUT2D eigenvalue weighted by molar-refractivity contribution is 0.269. The van der Waals surface area contributed by atoms with Crippen molar-refractivity contribution in [2.24, 2.45) is 5.10 Å².